The monoisotopic (exact) mass is 420 g/mol. The zero-order chi connectivity index (χ0) is 19.9. The minimum atomic E-state index is -3.79. The number of benzene rings is 2. The second kappa shape index (κ2) is 6.98. The van der Waals surface area contributed by atoms with Crippen molar-refractivity contribution in [3.63, 3.8) is 0 Å². The summed E-state index contributed by atoms with van der Waals surface area (Å²) in [5.41, 5.74) is 2.29. The van der Waals surface area contributed by atoms with Crippen LogP contribution >= 0.6 is 0 Å². The molecule has 0 saturated carbocycles. The number of nitrogens with one attached hydrogen (secondary N) is 1. The third-order valence-electron chi connectivity index (χ3n) is 5.13. The Morgan fingerprint density at radius 3 is 2.39 bits per heavy atom. The lowest BCUT2D eigenvalue weighted by atomic mass is 9.88. The first-order valence-corrected chi connectivity index (χ1v) is 12.1. The van der Waals surface area contributed by atoms with E-state index in [9.17, 15) is 21.6 Å². The van der Waals surface area contributed by atoms with Crippen LogP contribution in [0.15, 0.2) is 53.4 Å². The number of carbonyl (C=O) groups is 1. The normalized spacial score (nSPS) is 21.5. The van der Waals surface area contributed by atoms with E-state index in [2.05, 4.69) is 4.72 Å². The van der Waals surface area contributed by atoms with Crippen molar-refractivity contribution >= 4 is 31.6 Å². The molecule has 148 valence electrons. The standard InChI is InChI=1S/C19H20N2O5S2/c22-19-12-13-27(23,24)21(19)15-8-10-16(11-9-15)28(25,26)20-18-7-3-5-14-4-1-2-6-17(14)18/h1-2,4,6,8-11,18,20H,3,5,7,12-13H2. The fourth-order valence-electron chi connectivity index (χ4n) is 3.76. The molecule has 2 aromatic rings. The Kier molecular flexibility index (Phi) is 4.76. The molecule has 0 radical (unpaired) electrons. The molecule has 1 N–H and O–H groups in total. The summed E-state index contributed by atoms with van der Waals surface area (Å²) < 4.78 is 53.2. The third-order valence-corrected chi connectivity index (χ3v) is 8.31. The molecule has 2 aromatic carbocycles. The van der Waals surface area contributed by atoms with Crippen molar-refractivity contribution in [2.75, 3.05) is 10.1 Å². The molecule has 1 saturated heterocycles. The van der Waals surface area contributed by atoms with Gasteiger partial charge in [-0.1, -0.05) is 24.3 Å². The average molecular weight is 421 g/mol. The predicted molar refractivity (Wildman–Crippen MR) is 105 cm³/mol. The Balaban J connectivity index is 1.59. The molecule has 1 fully saturated rings. The van der Waals surface area contributed by atoms with Crippen LogP contribution in [0.25, 0.3) is 0 Å². The Morgan fingerprint density at radius 1 is 1.00 bits per heavy atom. The Hall–Kier alpha value is -2.23. The van der Waals surface area contributed by atoms with Gasteiger partial charge in [0.15, 0.2) is 0 Å². The van der Waals surface area contributed by atoms with Crippen molar-refractivity contribution in [2.45, 2.75) is 36.6 Å². The van der Waals surface area contributed by atoms with E-state index >= 15 is 0 Å². The summed E-state index contributed by atoms with van der Waals surface area (Å²) in [5.74, 6) is -0.735. The van der Waals surface area contributed by atoms with Crippen molar-refractivity contribution in [3.8, 4) is 0 Å². The molecule has 1 unspecified atom stereocenters. The van der Waals surface area contributed by atoms with Crippen molar-refractivity contribution in [3.05, 3.63) is 59.7 Å². The van der Waals surface area contributed by atoms with E-state index < -0.39 is 26.0 Å². The molecular weight excluding hydrogens is 400 g/mol. The maximum absolute atomic E-state index is 12.8. The van der Waals surface area contributed by atoms with Crippen molar-refractivity contribution in [1.29, 1.82) is 0 Å². The van der Waals surface area contributed by atoms with Gasteiger partial charge >= 0.3 is 0 Å². The molecule has 1 aliphatic carbocycles. The van der Waals surface area contributed by atoms with Gasteiger partial charge in [0.2, 0.25) is 26.0 Å². The molecule has 1 aliphatic heterocycles. The maximum atomic E-state index is 12.8. The van der Waals surface area contributed by atoms with E-state index in [0.717, 1.165) is 34.7 Å². The van der Waals surface area contributed by atoms with Gasteiger partial charge in [0.05, 0.1) is 16.3 Å². The van der Waals surface area contributed by atoms with Crippen LogP contribution in [0.3, 0.4) is 0 Å². The topological polar surface area (TPSA) is 101 Å². The minimum absolute atomic E-state index is 0.0309. The van der Waals surface area contributed by atoms with E-state index in [-0.39, 0.29) is 28.8 Å². The molecule has 0 bridgehead atoms. The van der Waals surface area contributed by atoms with Crippen LogP contribution in [-0.4, -0.2) is 28.5 Å². The van der Waals surface area contributed by atoms with E-state index in [1.165, 1.54) is 24.3 Å². The molecule has 0 aromatic heterocycles. The summed E-state index contributed by atoms with van der Waals surface area (Å²) >= 11 is 0. The largest absolute Gasteiger partial charge is 0.273 e. The van der Waals surface area contributed by atoms with Crippen LogP contribution < -0.4 is 9.03 Å². The van der Waals surface area contributed by atoms with Crippen LogP contribution in [0.1, 0.15) is 36.4 Å². The Morgan fingerprint density at radius 2 is 1.71 bits per heavy atom. The van der Waals surface area contributed by atoms with Gasteiger partial charge in [-0.25, -0.2) is 25.9 Å². The number of amides is 1. The second-order valence-electron chi connectivity index (χ2n) is 6.98. The number of aryl methyl sites for hydroxylation is 1. The predicted octanol–water partition coefficient (Wildman–Crippen LogP) is 2.11. The summed E-state index contributed by atoms with van der Waals surface area (Å²) in [7, 11) is -7.46. The van der Waals surface area contributed by atoms with E-state index in [4.69, 9.17) is 0 Å². The lowest BCUT2D eigenvalue weighted by Gasteiger charge is -2.26. The molecule has 4 rings (SSSR count). The fraction of sp³-hybridized carbons (Fsp3) is 0.316. The van der Waals surface area contributed by atoms with Gasteiger partial charge in [-0.15, -0.1) is 0 Å². The maximum Gasteiger partial charge on any atom is 0.242 e. The SMILES string of the molecule is O=C1CCS(=O)(=O)N1c1ccc(S(=O)(=O)NC2CCCc3ccccc32)cc1. The van der Waals surface area contributed by atoms with Gasteiger partial charge in [0.1, 0.15) is 0 Å². The van der Waals surface area contributed by atoms with Crippen molar-refractivity contribution in [2.24, 2.45) is 0 Å². The zero-order valence-corrected chi connectivity index (χ0v) is 16.7. The van der Waals surface area contributed by atoms with Gasteiger partial charge in [0, 0.05) is 12.5 Å². The molecule has 28 heavy (non-hydrogen) atoms. The second-order valence-corrected chi connectivity index (χ2v) is 10.6. The molecule has 9 heteroatoms. The Bertz CT molecular complexity index is 1130. The lowest BCUT2D eigenvalue weighted by Crippen LogP contribution is -2.31. The molecular formula is C19H20N2O5S2. The Labute approximate surface area is 164 Å². The van der Waals surface area contributed by atoms with E-state index in [1.54, 1.807) is 0 Å². The summed E-state index contributed by atoms with van der Waals surface area (Å²) in [5, 5.41) is 0. The van der Waals surface area contributed by atoms with Gasteiger partial charge in [-0.05, 0) is 54.7 Å². The van der Waals surface area contributed by atoms with Gasteiger partial charge < -0.3 is 0 Å². The average Bonchev–Trinajstić information content (AvgIpc) is 2.94. The highest BCUT2D eigenvalue weighted by Crippen LogP contribution is 2.31. The number of hydrogen-bond donors (Lipinski definition) is 1. The first-order chi connectivity index (χ1) is 13.3. The van der Waals surface area contributed by atoms with E-state index in [0.29, 0.717) is 0 Å². The lowest BCUT2D eigenvalue weighted by molar-refractivity contribution is -0.116. The smallest absolute Gasteiger partial charge is 0.242 e. The number of sulfonamides is 2. The first-order valence-electron chi connectivity index (χ1n) is 9.04. The number of nitrogens with zero attached hydrogens (tertiary/aromatic N) is 1. The molecule has 1 atom stereocenters. The number of rotatable bonds is 4. The minimum Gasteiger partial charge on any atom is -0.273 e. The first kappa shape index (κ1) is 19.1. The molecule has 0 spiro atoms. The number of fused-ring (bicyclic) bond motifs is 1. The van der Waals surface area contributed by atoms with Crippen LogP contribution in [-0.2, 0) is 31.3 Å². The fourth-order valence-corrected chi connectivity index (χ4v) is 6.47. The number of anilines is 1. The third kappa shape index (κ3) is 3.45. The highest BCUT2D eigenvalue weighted by Gasteiger charge is 2.36. The molecule has 7 nitrogen and oxygen atoms in total. The molecule has 1 heterocycles. The van der Waals surface area contributed by atoms with E-state index in [1.807, 2.05) is 24.3 Å². The highest BCUT2D eigenvalue weighted by molar-refractivity contribution is 7.94. The van der Waals surface area contributed by atoms with Gasteiger partial charge in [0.25, 0.3) is 0 Å². The van der Waals surface area contributed by atoms with Gasteiger partial charge in [-0.3, -0.25) is 4.79 Å². The molecule has 2 aliphatic rings. The van der Waals surface area contributed by atoms with Crippen LogP contribution in [0.4, 0.5) is 5.69 Å². The molecule has 1 amide bonds. The van der Waals surface area contributed by atoms with Gasteiger partial charge in [-0.2, -0.15) is 0 Å². The summed E-state index contributed by atoms with van der Waals surface area (Å²) in [6.07, 6.45) is 2.49. The quantitative estimate of drug-likeness (QED) is 0.816. The van der Waals surface area contributed by atoms with Crippen LogP contribution in [0, 0.1) is 0 Å². The highest BCUT2D eigenvalue weighted by atomic mass is 32.2. The summed E-state index contributed by atoms with van der Waals surface area (Å²) in [4.78, 5) is 11.9. The van der Waals surface area contributed by atoms with Crippen molar-refractivity contribution in [1.82, 2.24) is 4.72 Å². The summed E-state index contributed by atoms with van der Waals surface area (Å²) in [6.45, 7) is 0. The number of carbonyl (C=O) groups excluding carboxylic acids is 1. The number of hydrogen-bond acceptors (Lipinski definition) is 5. The van der Waals surface area contributed by atoms with Crippen LogP contribution in [0.2, 0.25) is 0 Å². The zero-order valence-electron chi connectivity index (χ0n) is 15.0. The van der Waals surface area contributed by atoms with Crippen molar-refractivity contribution < 1.29 is 21.6 Å². The summed E-state index contributed by atoms with van der Waals surface area (Å²) in [6, 6.07) is 12.9. The van der Waals surface area contributed by atoms with Crippen LogP contribution in [0.5, 0.6) is 0 Å².